The molecule has 3 unspecified atom stereocenters. The van der Waals surface area contributed by atoms with Crippen molar-refractivity contribution in [1.82, 2.24) is 4.90 Å². The first kappa shape index (κ1) is 15.5. The molecule has 2 aliphatic rings. The first-order chi connectivity index (χ1) is 10.6. The molecule has 1 aromatic rings. The summed E-state index contributed by atoms with van der Waals surface area (Å²) in [5, 5.41) is 19.4. The molecule has 120 valence electrons. The summed E-state index contributed by atoms with van der Waals surface area (Å²) in [4.78, 5) is 13.5. The van der Waals surface area contributed by atoms with E-state index in [0.29, 0.717) is 17.5 Å². The highest BCUT2D eigenvalue weighted by atomic mass is 16.4. The summed E-state index contributed by atoms with van der Waals surface area (Å²) < 4.78 is 0. The van der Waals surface area contributed by atoms with Crippen LogP contribution in [0.2, 0.25) is 0 Å². The van der Waals surface area contributed by atoms with Crippen LogP contribution in [0.15, 0.2) is 24.3 Å². The van der Waals surface area contributed by atoms with Crippen LogP contribution in [0, 0.1) is 5.92 Å². The smallest absolute Gasteiger partial charge is 0.335 e. The van der Waals surface area contributed by atoms with Crippen molar-refractivity contribution < 1.29 is 15.0 Å². The Morgan fingerprint density at radius 3 is 2.77 bits per heavy atom. The number of carboxylic acids is 1. The van der Waals surface area contributed by atoms with Gasteiger partial charge in [-0.1, -0.05) is 25.0 Å². The van der Waals surface area contributed by atoms with E-state index in [1.165, 1.54) is 12.8 Å². The Hall–Kier alpha value is -1.39. The van der Waals surface area contributed by atoms with Crippen molar-refractivity contribution in [2.24, 2.45) is 5.92 Å². The van der Waals surface area contributed by atoms with Crippen molar-refractivity contribution in [3.05, 3.63) is 35.4 Å². The third-order valence-corrected chi connectivity index (χ3v) is 5.25. The number of carboxylic acid groups (broad SMARTS) is 1. The van der Waals surface area contributed by atoms with Gasteiger partial charge < -0.3 is 10.2 Å². The van der Waals surface area contributed by atoms with Crippen LogP contribution in [-0.4, -0.2) is 39.8 Å². The summed E-state index contributed by atoms with van der Waals surface area (Å²) in [6, 6.07) is 7.68. The van der Waals surface area contributed by atoms with E-state index in [1.54, 1.807) is 12.1 Å². The van der Waals surface area contributed by atoms with Crippen molar-refractivity contribution in [1.29, 1.82) is 0 Å². The Morgan fingerprint density at radius 1 is 1.18 bits per heavy atom. The van der Waals surface area contributed by atoms with Crippen LogP contribution in [-0.2, 0) is 6.54 Å². The van der Waals surface area contributed by atoms with Gasteiger partial charge in [0.25, 0.3) is 0 Å². The molecule has 0 radical (unpaired) electrons. The van der Waals surface area contributed by atoms with Gasteiger partial charge in [-0.2, -0.15) is 0 Å². The predicted octanol–water partition coefficient (Wildman–Crippen LogP) is 2.90. The van der Waals surface area contributed by atoms with E-state index in [1.807, 2.05) is 12.1 Å². The second-order valence-corrected chi connectivity index (χ2v) is 6.70. The zero-order valence-corrected chi connectivity index (χ0v) is 12.9. The van der Waals surface area contributed by atoms with Gasteiger partial charge in [-0.25, -0.2) is 4.79 Å². The number of carbonyl (C=O) groups is 1. The quantitative estimate of drug-likeness (QED) is 0.898. The maximum atomic E-state index is 11.1. The molecular weight excluding hydrogens is 278 g/mol. The minimum atomic E-state index is -0.873. The standard InChI is InChI=1S/C18H25NO3/c20-17-9-2-1-7-15(17)16-8-4-10-19(16)12-13-5-3-6-14(11-13)18(21)22/h3,5-6,11,15-17,20H,1-2,4,7-10,12H2,(H,21,22). The molecule has 1 saturated heterocycles. The molecule has 3 rings (SSSR count). The van der Waals surface area contributed by atoms with Crippen LogP contribution in [0.3, 0.4) is 0 Å². The normalized spacial score (nSPS) is 29.6. The van der Waals surface area contributed by atoms with E-state index in [4.69, 9.17) is 5.11 Å². The molecule has 1 saturated carbocycles. The minimum Gasteiger partial charge on any atom is -0.478 e. The molecule has 4 nitrogen and oxygen atoms in total. The molecule has 22 heavy (non-hydrogen) atoms. The number of benzene rings is 1. The molecule has 2 N–H and O–H groups in total. The average molecular weight is 303 g/mol. The molecular formula is C18H25NO3. The Balaban J connectivity index is 1.70. The van der Waals surface area contributed by atoms with Gasteiger partial charge in [0, 0.05) is 18.5 Å². The monoisotopic (exact) mass is 303 g/mol. The van der Waals surface area contributed by atoms with E-state index in [9.17, 15) is 9.90 Å². The van der Waals surface area contributed by atoms with Gasteiger partial charge in [-0.3, -0.25) is 4.90 Å². The molecule has 1 aromatic carbocycles. The van der Waals surface area contributed by atoms with Gasteiger partial charge >= 0.3 is 5.97 Å². The van der Waals surface area contributed by atoms with E-state index in [2.05, 4.69) is 4.90 Å². The van der Waals surface area contributed by atoms with Crippen LogP contribution in [0.1, 0.15) is 54.4 Å². The summed E-state index contributed by atoms with van der Waals surface area (Å²) in [6.45, 7) is 1.83. The van der Waals surface area contributed by atoms with Crippen LogP contribution < -0.4 is 0 Å². The summed E-state index contributed by atoms with van der Waals surface area (Å²) in [6.07, 6.45) is 6.59. The maximum absolute atomic E-state index is 11.1. The Kier molecular flexibility index (Phi) is 4.79. The largest absolute Gasteiger partial charge is 0.478 e. The Bertz CT molecular complexity index is 531. The maximum Gasteiger partial charge on any atom is 0.335 e. The lowest BCUT2D eigenvalue weighted by molar-refractivity contribution is 0.0201. The number of aliphatic hydroxyl groups excluding tert-OH is 1. The van der Waals surface area contributed by atoms with Gasteiger partial charge in [0.15, 0.2) is 0 Å². The van der Waals surface area contributed by atoms with Crippen molar-refractivity contribution >= 4 is 5.97 Å². The summed E-state index contributed by atoms with van der Waals surface area (Å²) in [5.74, 6) is -0.485. The van der Waals surface area contributed by atoms with Gasteiger partial charge in [-0.05, 0) is 49.9 Å². The number of rotatable bonds is 4. The lowest BCUT2D eigenvalue weighted by Crippen LogP contribution is -2.42. The number of nitrogens with zero attached hydrogens (tertiary/aromatic N) is 1. The fourth-order valence-electron chi connectivity index (χ4n) is 4.16. The highest BCUT2D eigenvalue weighted by Crippen LogP contribution is 2.35. The predicted molar refractivity (Wildman–Crippen MR) is 84.8 cm³/mol. The summed E-state index contributed by atoms with van der Waals surface area (Å²) in [7, 11) is 0. The average Bonchev–Trinajstić information content (AvgIpc) is 2.96. The number of aliphatic hydroxyl groups is 1. The molecule has 1 aliphatic carbocycles. The second kappa shape index (κ2) is 6.80. The van der Waals surface area contributed by atoms with Crippen LogP contribution in [0.25, 0.3) is 0 Å². The highest BCUT2D eigenvalue weighted by molar-refractivity contribution is 5.87. The van der Waals surface area contributed by atoms with E-state index in [-0.39, 0.29) is 6.10 Å². The summed E-state index contributed by atoms with van der Waals surface area (Å²) in [5.41, 5.74) is 1.41. The fraction of sp³-hybridized carbons (Fsp3) is 0.611. The Morgan fingerprint density at radius 2 is 2.00 bits per heavy atom. The van der Waals surface area contributed by atoms with Crippen molar-refractivity contribution in [3.8, 4) is 0 Å². The van der Waals surface area contributed by atoms with Crippen LogP contribution in [0.5, 0.6) is 0 Å². The number of hydrogen-bond acceptors (Lipinski definition) is 3. The molecule has 1 aliphatic heterocycles. The van der Waals surface area contributed by atoms with Crippen LogP contribution in [0.4, 0.5) is 0 Å². The van der Waals surface area contributed by atoms with Crippen LogP contribution >= 0.6 is 0 Å². The molecule has 3 atom stereocenters. The zero-order chi connectivity index (χ0) is 15.5. The molecule has 0 amide bonds. The third-order valence-electron chi connectivity index (χ3n) is 5.25. The number of hydrogen-bond donors (Lipinski definition) is 2. The van der Waals surface area contributed by atoms with Crippen molar-refractivity contribution in [2.45, 2.75) is 57.2 Å². The molecule has 2 fully saturated rings. The van der Waals surface area contributed by atoms with Gasteiger partial charge in [0.1, 0.15) is 0 Å². The molecule has 0 spiro atoms. The molecule has 4 heteroatoms. The number of likely N-dealkylation sites (tertiary alicyclic amines) is 1. The van der Waals surface area contributed by atoms with Crippen molar-refractivity contribution in [2.75, 3.05) is 6.54 Å². The topological polar surface area (TPSA) is 60.8 Å². The SMILES string of the molecule is O=C(O)c1cccc(CN2CCCC2C2CCCCC2O)c1. The van der Waals surface area contributed by atoms with E-state index < -0.39 is 5.97 Å². The minimum absolute atomic E-state index is 0.162. The van der Waals surface area contributed by atoms with Gasteiger partial charge in [0.05, 0.1) is 11.7 Å². The van der Waals surface area contributed by atoms with E-state index >= 15 is 0 Å². The number of aromatic carboxylic acids is 1. The highest BCUT2D eigenvalue weighted by Gasteiger charge is 2.36. The first-order valence-corrected chi connectivity index (χ1v) is 8.39. The zero-order valence-electron chi connectivity index (χ0n) is 12.9. The first-order valence-electron chi connectivity index (χ1n) is 8.39. The molecule has 0 bridgehead atoms. The van der Waals surface area contributed by atoms with Gasteiger partial charge in [-0.15, -0.1) is 0 Å². The second-order valence-electron chi connectivity index (χ2n) is 6.70. The molecule has 0 aromatic heterocycles. The lowest BCUT2D eigenvalue weighted by Gasteiger charge is -2.37. The third kappa shape index (κ3) is 3.33. The van der Waals surface area contributed by atoms with Crippen molar-refractivity contribution in [3.63, 3.8) is 0 Å². The van der Waals surface area contributed by atoms with Gasteiger partial charge in [0.2, 0.25) is 0 Å². The summed E-state index contributed by atoms with van der Waals surface area (Å²) >= 11 is 0. The molecule has 1 heterocycles. The lowest BCUT2D eigenvalue weighted by atomic mass is 9.80. The fourth-order valence-corrected chi connectivity index (χ4v) is 4.16. The van der Waals surface area contributed by atoms with E-state index in [0.717, 1.165) is 44.3 Å². The Labute approximate surface area is 131 Å².